The third-order valence-corrected chi connectivity index (χ3v) is 3.66. The number of rotatable bonds is 7. The number of para-hydroxylation sites is 1. The van der Waals surface area contributed by atoms with Crippen LogP contribution < -0.4 is 4.74 Å². The van der Waals surface area contributed by atoms with Gasteiger partial charge < -0.3 is 9.84 Å². The lowest BCUT2D eigenvalue weighted by Crippen LogP contribution is -2.28. The molecule has 2 nitrogen and oxygen atoms in total. The van der Waals surface area contributed by atoms with Gasteiger partial charge in [0.2, 0.25) is 0 Å². The quantitative estimate of drug-likeness (QED) is 0.734. The van der Waals surface area contributed by atoms with Gasteiger partial charge in [-0.1, -0.05) is 39.0 Å². The molecular weight excluding hydrogens is 212 g/mol. The summed E-state index contributed by atoms with van der Waals surface area (Å²) in [5.41, 5.74) is 0.0139. The summed E-state index contributed by atoms with van der Waals surface area (Å²) < 4.78 is 5.64. The normalized spacial score (nSPS) is 14.6. The van der Waals surface area contributed by atoms with E-state index in [1.165, 1.54) is 0 Å². The highest BCUT2D eigenvalue weighted by atomic mass is 16.5. The SMILES string of the molecule is CC(C)C(C)(CO)CCCOc1ccccc1. The lowest BCUT2D eigenvalue weighted by Gasteiger charge is -2.31. The highest BCUT2D eigenvalue weighted by Gasteiger charge is 2.26. The van der Waals surface area contributed by atoms with Gasteiger partial charge in [-0.15, -0.1) is 0 Å². The van der Waals surface area contributed by atoms with Crippen molar-refractivity contribution < 1.29 is 9.84 Å². The fourth-order valence-corrected chi connectivity index (χ4v) is 1.73. The van der Waals surface area contributed by atoms with Crippen LogP contribution in [-0.2, 0) is 0 Å². The molecule has 1 N–H and O–H groups in total. The third kappa shape index (κ3) is 4.39. The van der Waals surface area contributed by atoms with Crippen LogP contribution in [0.2, 0.25) is 0 Å². The first-order chi connectivity index (χ1) is 8.08. The van der Waals surface area contributed by atoms with Gasteiger partial charge in [-0.05, 0) is 36.3 Å². The van der Waals surface area contributed by atoms with E-state index in [1.54, 1.807) is 0 Å². The molecule has 96 valence electrons. The van der Waals surface area contributed by atoms with Crippen LogP contribution in [0.3, 0.4) is 0 Å². The molecule has 0 saturated heterocycles. The number of ether oxygens (including phenoxy) is 1. The fraction of sp³-hybridized carbons (Fsp3) is 0.600. The Labute approximate surface area is 105 Å². The first-order valence-electron chi connectivity index (χ1n) is 6.37. The molecule has 0 aromatic heterocycles. The molecule has 1 atom stereocenters. The minimum Gasteiger partial charge on any atom is -0.494 e. The zero-order valence-corrected chi connectivity index (χ0v) is 11.1. The third-order valence-electron chi connectivity index (χ3n) is 3.66. The van der Waals surface area contributed by atoms with E-state index in [2.05, 4.69) is 20.8 Å². The highest BCUT2D eigenvalue weighted by molar-refractivity contribution is 5.20. The van der Waals surface area contributed by atoms with Gasteiger partial charge in [0.15, 0.2) is 0 Å². The number of aliphatic hydroxyl groups is 1. The Bertz CT molecular complexity index is 308. The van der Waals surface area contributed by atoms with E-state index in [-0.39, 0.29) is 12.0 Å². The van der Waals surface area contributed by atoms with Crippen molar-refractivity contribution in [3.05, 3.63) is 30.3 Å². The van der Waals surface area contributed by atoms with E-state index in [0.717, 1.165) is 18.6 Å². The summed E-state index contributed by atoms with van der Waals surface area (Å²) >= 11 is 0. The predicted molar refractivity (Wildman–Crippen MR) is 71.2 cm³/mol. The smallest absolute Gasteiger partial charge is 0.119 e. The molecule has 1 rings (SSSR count). The van der Waals surface area contributed by atoms with E-state index >= 15 is 0 Å². The maximum atomic E-state index is 9.43. The van der Waals surface area contributed by atoms with Gasteiger partial charge >= 0.3 is 0 Å². The summed E-state index contributed by atoms with van der Waals surface area (Å²) in [6.07, 6.45) is 1.97. The molecule has 1 unspecified atom stereocenters. The van der Waals surface area contributed by atoms with Crippen molar-refractivity contribution in [1.29, 1.82) is 0 Å². The molecule has 0 aliphatic rings. The second-order valence-corrected chi connectivity index (χ2v) is 5.23. The second-order valence-electron chi connectivity index (χ2n) is 5.23. The zero-order valence-electron chi connectivity index (χ0n) is 11.1. The molecule has 1 aromatic rings. The maximum Gasteiger partial charge on any atom is 0.119 e. The van der Waals surface area contributed by atoms with Crippen LogP contribution in [-0.4, -0.2) is 18.3 Å². The highest BCUT2D eigenvalue weighted by Crippen LogP contribution is 2.31. The van der Waals surface area contributed by atoms with Crippen molar-refractivity contribution in [3.8, 4) is 5.75 Å². The van der Waals surface area contributed by atoms with E-state index in [1.807, 2.05) is 30.3 Å². The molecule has 0 bridgehead atoms. The summed E-state index contributed by atoms with van der Waals surface area (Å²) in [7, 11) is 0. The summed E-state index contributed by atoms with van der Waals surface area (Å²) in [5, 5.41) is 9.43. The van der Waals surface area contributed by atoms with Crippen LogP contribution >= 0.6 is 0 Å². The summed E-state index contributed by atoms with van der Waals surface area (Å²) in [6.45, 7) is 7.42. The lowest BCUT2D eigenvalue weighted by atomic mass is 9.76. The predicted octanol–water partition coefficient (Wildman–Crippen LogP) is 3.50. The molecule has 0 fully saturated rings. The van der Waals surface area contributed by atoms with Crippen molar-refractivity contribution in [1.82, 2.24) is 0 Å². The van der Waals surface area contributed by atoms with E-state index in [9.17, 15) is 5.11 Å². The van der Waals surface area contributed by atoms with E-state index in [4.69, 9.17) is 4.74 Å². The van der Waals surface area contributed by atoms with Crippen LogP contribution in [0.5, 0.6) is 5.75 Å². The first kappa shape index (κ1) is 14.0. The minimum absolute atomic E-state index is 0.0139. The standard InChI is InChI=1S/C15H24O2/c1-13(2)15(3,12-16)10-7-11-17-14-8-5-4-6-9-14/h4-6,8-9,13,16H,7,10-12H2,1-3H3. The minimum atomic E-state index is 0.0139. The second kappa shape index (κ2) is 6.65. The van der Waals surface area contributed by atoms with Gasteiger partial charge in [0.05, 0.1) is 6.61 Å². The van der Waals surface area contributed by atoms with Crippen molar-refractivity contribution in [2.75, 3.05) is 13.2 Å². The van der Waals surface area contributed by atoms with Crippen molar-refractivity contribution in [2.45, 2.75) is 33.6 Å². The average Bonchev–Trinajstić information content (AvgIpc) is 2.35. The van der Waals surface area contributed by atoms with Gasteiger partial charge in [-0.25, -0.2) is 0 Å². The van der Waals surface area contributed by atoms with Crippen LogP contribution in [0.25, 0.3) is 0 Å². The molecule has 0 saturated carbocycles. The molecule has 0 radical (unpaired) electrons. The van der Waals surface area contributed by atoms with Crippen molar-refractivity contribution in [3.63, 3.8) is 0 Å². The molecule has 1 aromatic carbocycles. The Balaban J connectivity index is 2.28. The monoisotopic (exact) mass is 236 g/mol. The largest absolute Gasteiger partial charge is 0.494 e. The van der Waals surface area contributed by atoms with Gasteiger partial charge in [-0.3, -0.25) is 0 Å². The van der Waals surface area contributed by atoms with Gasteiger partial charge in [-0.2, -0.15) is 0 Å². The topological polar surface area (TPSA) is 29.5 Å². The summed E-state index contributed by atoms with van der Waals surface area (Å²) in [4.78, 5) is 0. The molecular formula is C15H24O2. The average molecular weight is 236 g/mol. The van der Waals surface area contributed by atoms with Crippen molar-refractivity contribution >= 4 is 0 Å². The Morgan fingerprint density at radius 1 is 1.24 bits per heavy atom. The Hall–Kier alpha value is -1.02. The Morgan fingerprint density at radius 3 is 2.41 bits per heavy atom. The molecule has 0 aliphatic carbocycles. The molecule has 0 amide bonds. The number of hydrogen-bond acceptors (Lipinski definition) is 2. The number of aliphatic hydroxyl groups excluding tert-OH is 1. The Morgan fingerprint density at radius 2 is 1.88 bits per heavy atom. The molecule has 17 heavy (non-hydrogen) atoms. The molecule has 0 heterocycles. The lowest BCUT2D eigenvalue weighted by molar-refractivity contribution is 0.0785. The van der Waals surface area contributed by atoms with Gasteiger partial charge in [0.1, 0.15) is 5.75 Å². The van der Waals surface area contributed by atoms with Gasteiger partial charge in [0.25, 0.3) is 0 Å². The maximum absolute atomic E-state index is 9.43. The van der Waals surface area contributed by atoms with E-state index < -0.39 is 0 Å². The van der Waals surface area contributed by atoms with E-state index in [0.29, 0.717) is 12.5 Å². The molecule has 0 aliphatic heterocycles. The number of hydrogen-bond donors (Lipinski definition) is 1. The summed E-state index contributed by atoms with van der Waals surface area (Å²) in [5.74, 6) is 1.41. The fourth-order valence-electron chi connectivity index (χ4n) is 1.73. The number of benzene rings is 1. The zero-order chi connectivity index (χ0) is 12.7. The Kier molecular flexibility index (Phi) is 5.49. The van der Waals surface area contributed by atoms with Crippen LogP contribution in [0.15, 0.2) is 30.3 Å². The first-order valence-corrected chi connectivity index (χ1v) is 6.37. The van der Waals surface area contributed by atoms with Crippen LogP contribution in [0.1, 0.15) is 33.6 Å². The molecule has 2 heteroatoms. The van der Waals surface area contributed by atoms with Crippen molar-refractivity contribution in [2.24, 2.45) is 11.3 Å². The van der Waals surface area contributed by atoms with Crippen LogP contribution in [0, 0.1) is 11.3 Å². The summed E-state index contributed by atoms with van der Waals surface area (Å²) in [6, 6.07) is 9.86. The van der Waals surface area contributed by atoms with Crippen LogP contribution in [0.4, 0.5) is 0 Å². The molecule has 0 spiro atoms. The van der Waals surface area contributed by atoms with Gasteiger partial charge in [0, 0.05) is 6.61 Å².